The minimum Gasteiger partial charge on any atom is -0.478 e. The van der Waals surface area contributed by atoms with E-state index in [0.717, 1.165) is 16.7 Å². The van der Waals surface area contributed by atoms with Crippen LogP contribution in [0.4, 0.5) is 4.39 Å². The Balaban J connectivity index is 1.43. The lowest BCUT2D eigenvalue weighted by molar-refractivity contribution is -0.165. The Morgan fingerprint density at radius 3 is 2.60 bits per heavy atom. The van der Waals surface area contributed by atoms with Gasteiger partial charge in [0.25, 0.3) is 5.91 Å². The van der Waals surface area contributed by atoms with E-state index in [2.05, 4.69) is 0 Å². The van der Waals surface area contributed by atoms with Gasteiger partial charge in [-0.05, 0) is 53.9 Å². The highest BCUT2D eigenvalue weighted by atomic mass is 19.1. The summed E-state index contributed by atoms with van der Waals surface area (Å²) in [6.07, 6.45) is -0.662. The van der Waals surface area contributed by atoms with Crippen molar-refractivity contribution < 1.29 is 23.4 Å². The number of nitrogens with zero attached hydrogens (tertiary/aromatic N) is 1. The zero-order chi connectivity index (χ0) is 20.7. The number of hydrogen-bond donors (Lipinski definition) is 0. The molecule has 0 spiro atoms. The predicted octanol–water partition coefficient (Wildman–Crippen LogP) is 4.39. The Morgan fingerprint density at radius 1 is 1.03 bits per heavy atom. The van der Waals surface area contributed by atoms with Crippen LogP contribution in [0.1, 0.15) is 22.7 Å². The average molecular weight is 405 g/mol. The molecule has 0 bridgehead atoms. The van der Waals surface area contributed by atoms with Crippen LogP contribution in [0.15, 0.2) is 66.7 Å². The van der Waals surface area contributed by atoms with E-state index in [1.807, 2.05) is 49.4 Å². The summed E-state index contributed by atoms with van der Waals surface area (Å²) in [5.74, 6) is 1.62. The number of rotatable bonds is 5. The lowest BCUT2D eigenvalue weighted by atomic mass is 9.89. The fourth-order valence-electron chi connectivity index (χ4n) is 3.88. The second-order valence-electron chi connectivity index (χ2n) is 7.45. The van der Waals surface area contributed by atoms with E-state index >= 15 is 0 Å². The van der Waals surface area contributed by atoms with Crippen molar-refractivity contribution in [1.29, 1.82) is 0 Å². The normalized spacial score (nSPS) is 19.5. The Bertz CT molecular complexity index is 1100. The van der Waals surface area contributed by atoms with Crippen LogP contribution >= 0.6 is 0 Å². The number of para-hydroxylation sites is 1. The molecule has 0 aromatic heterocycles. The third kappa shape index (κ3) is 3.24. The summed E-state index contributed by atoms with van der Waals surface area (Å²) in [4.78, 5) is 14.8. The van der Waals surface area contributed by atoms with Gasteiger partial charge in [0.2, 0.25) is 12.9 Å². The van der Waals surface area contributed by atoms with Gasteiger partial charge in [-0.15, -0.1) is 0 Å². The monoisotopic (exact) mass is 405 g/mol. The Labute approximate surface area is 173 Å². The molecule has 2 atom stereocenters. The first-order valence-electron chi connectivity index (χ1n) is 9.77. The van der Waals surface area contributed by atoms with Gasteiger partial charge in [-0.25, -0.2) is 4.39 Å². The lowest BCUT2D eigenvalue weighted by Gasteiger charge is -2.47. The zero-order valence-corrected chi connectivity index (χ0v) is 16.4. The first-order chi connectivity index (χ1) is 14.6. The molecule has 2 heterocycles. The van der Waals surface area contributed by atoms with E-state index in [-0.39, 0.29) is 24.6 Å². The first kappa shape index (κ1) is 18.5. The van der Waals surface area contributed by atoms with E-state index in [1.165, 1.54) is 12.1 Å². The van der Waals surface area contributed by atoms with E-state index in [0.29, 0.717) is 23.8 Å². The van der Waals surface area contributed by atoms with Gasteiger partial charge in [0.15, 0.2) is 11.5 Å². The van der Waals surface area contributed by atoms with Gasteiger partial charge in [-0.3, -0.25) is 4.79 Å². The molecule has 1 saturated heterocycles. The molecular weight excluding hydrogens is 385 g/mol. The predicted molar refractivity (Wildman–Crippen MR) is 108 cm³/mol. The van der Waals surface area contributed by atoms with E-state index in [1.54, 1.807) is 17.0 Å². The van der Waals surface area contributed by atoms with Crippen LogP contribution < -0.4 is 14.2 Å². The number of likely N-dealkylation sites (tertiary alicyclic amines) is 1. The standard InChI is InChI=1S/C24H20FNO4/c1-15-4-2-3-5-19(15)30-23-22(17-7-9-18(25)10-8-17)26(24(23)27)13-16-6-11-20-21(12-16)29-14-28-20/h2-12,22-23H,13-14H2,1H3/t22-,23+/m0/s1. The van der Waals surface area contributed by atoms with Crippen LogP contribution in [0.5, 0.6) is 17.2 Å². The second kappa shape index (κ2) is 7.37. The van der Waals surface area contributed by atoms with Crippen molar-refractivity contribution >= 4 is 5.91 Å². The van der Waals surface area contributed by atoms with Crippen LogP contribution in [-0.2, 0) is 11.3 Å². The topological polar surface area (TPSA) is 48.0 Å². The van der Waals surface area contributed by atoms with Gasteiger partial charge in [0.1, 0.15) is 17.6 Å². The number of hydrogen-bond acceptors (Lipinski definition) is 4. The molecule has 2 aliphatic rings. The number of ether oxygens (including phenoxy) is 3. The minimum absolute atomic E-state index is 0.106. The molecule has 0 N–H and O–H groups in total. The summed E-state index contributed by atoms with van der Waals surface area (Å²) in [6.45, 7) is 2.53. The second-order valence-corrected chi connectivity index (χ2v) is 7.45. The molecule has 3 aromatic rings. The Hall–Kier alpha value is -3.54. The van der Waals surface area contributed by atoms with Gasteiger partial charge in [0.05, 0.1) is 0 Å². The molecule has 0 radical (unpaired) electrons. The van der Waals surface area contributed by atoms with Crippen molar-refractivity contribution in [3.8, 4) is 17.2 Å². The van der Waals surface area contributed by atoms with Crippen molar-refractivity contribution in [3.05, 3.63) is 89.2 Å². The molecule has 5 nitrogen and oxygen atoms in total. The van der Waals surface area contributed by atoms with Crippen LogP contribution in [0.2, 0.25) is 0 Å². The van der Waals surface area contributed by atoms with E-state index in [4.69, 9.17) is 14.2 Å². The van der Waals surface area contributed by atoms with Gasteiger partial charge in [-0.1, -0.05) is 36.4 Å². The smallest absolute Gasteiger partial charge is 0.267 e. The van der Waals surface area contributed by atoms with Gasteiger partial charge < -0.3 is 19.1 Å². The van der Waals surface area contributed by atoms with Crippen LogP contribution in [0.25, 0.3) is 0 Å². The molecule has 5 rings (SSSR count). The summed E-state index contributed by atoms with van der Waals surface area (Å²) < 4.78 is 30.4. The summed E-state index contributed by atoms with van der Waals surface area (Å²) in [7, 11) is 0. The molecule has 1 amide bonds. The first-order valence-corrected chi connectivity index (χ1v) is 9.77. The van der Waals surface area contributed by atoms with Crippen molar-refractivity contribution in [2.24, 2.45) is 0 Å². The third-order valence-corrected chi connectivity index (χ3v) is 5.50. The highest BCUT2D eigenvalue weighted by Crippen LogP contribution is 2.40. The molecule has 0 unspecified atom stereocenters. The molecule has 1 fully saturated rings. The van der Waals surface area contributed by atoms with Crippen molar-refractivity contribution in [2.75, 3.05) is 6.79 Å². The zero-order valence-electron chi connectivity index (χ0n) is 16.4. The minimum atomic E-state index is -0.662. The summed E-state index contributed by atoms with van der Waals surface area (Å²) in [6, 6.07) is 19.1. The number of carbonyl (C=O) groups excluding carboxylic acids is 1. The molecular formula is C24H20FNO4. The molecule has 152 valence electrons. The van der Waals surface area contributed by atoms with E-state index < -0.39 is 6.10 Å². The fourth-order valence-corrected chi connectivity index (χ4v) is 3.88. The maximum absolute atomic E-state index is 13.5. The highest BCUT2D eigenvalue weighted by molar-refractivity contribution is 5.89. The highest BCUT2D eigenvalue weighted by Gasteiger charge is 2.50. The van der Waals surface area contributed by atoms with Crippen molar-refractivity contribution in [1.82, 2.24) is 4.90 Å². The van der Waals surface area contributed by atoms with Crippen molar-refractivity contribution in [3.63, 3.8) is 0 Å². The van der Waals surface area contributed by atoms with Crippen LogP contribution in [0.3, 0.4) is 0 Å². The number of amides is 1. The Morgan fingerprint density at radius 2 is 1.80 bits per heavy atom. The maximum Gasteiger partial charge on any atom is 0.267 e. The molecule has 6 heteroatoms. The maximum atomic E-state index is 13.5. The third-order valence-electron chi connectivity index (χ3n) is 5.50. The van der Waals surface area contributed by atoms with Gasteiger partial charge in [-0.2, -0.15) is 0 Å². The Kier molecular flexibility index (Phi) is 4.54. The number of benzene rings is 3. The molecule has 0 saturated carbocycles. The number of aryl methyl sites for hydroxylation is 1. The number of fused-ring (bicyclic) bond motifs is 1. The number of halogens is 1. The average Bonchev–Trinajstić information content (AvgIpc) is 3.22. The summed E-state index contributed by atoms with van der Waals surface area (Å²) in [5, 5.41) is 0. The van der Waals surface area contributed by atoms with Crippen molar-refractivity contribution in [2.45, 2.75) is 25.6 Å². The molecule has 0 aliphatic carbocycles. The summed E-state index contributed by atoms with van der Waals surface area (Å²) in [5.41, 5.74) is 2.71. The van der Waals surface area contributed by atoms with Gasteiger partial charge in [0, 0.05) is 6.54 Å². The lowest BCUT2D eigenvalue weighted by Crippen LogP contribution is -2.60. The summed E-state index contributed by atoms with van der Waals surface area (Å²) >= 11 is 0. The SMILES string of the molecule is Cc1ccccc1O[C@H]1C(=O)N(Cc2ccc3c(c2)OCO3)[C@H]1c1ccc(F)cc1. The van der Waals surface area contributed by atoms with Crippen LogP contribution in [-0.4, -0.2) is 23.7 Å². The number of carbonyl (C=O) groups is 1. The van der Waals surface area contributed by atoms with Gasteiger partial charge >= 0.3 is 0 Å². The largest absolute Gasteiger partial charge is 0.478 e. The van der Waals surface area contributed by atoms with E-state index in [9.17, 15) is 9.18 Å². The molecule has 2 aliphatic heterocycles. The number of β-lactam (4-membered cyclic amide) rings is 1. The van der Waals surface area contributed by atoms with Crippen LogP contribution in [0, 0.1) is 12.7 Å². The molecule has 3 aromatic carbocycles. The quantitative estimate of drug-likeness (QED) is 0.591. The molecule has 30 heavy (non-hydrogen) atoms. The fraction of sp³-hybridized carbons (Fsp3) is 0.208.